The van der Waals surface area contributed by atoms with Gasteiger partial charge in [0.15, 0.2) is 0 Å². The molecule has 2 saturated carbocycles. The second-order valence-corrected chi connectivity index (χ2v) is 9.48. The lowest BCUT2D eigenvalue weighted by Gasteiger charge is -2.31. The monoisotopic (exact) mass is 386 g/mol. The maximum atomic E-state index is 13.7. The summed E-state index contributed by atoms with van der Waals surface area (Å²) in [7, 11) is 0. The summed E-state index contributed by atoms with van der Waals surface area (Å²) in [6.07, 6.45) is 22.1. The molecule has 0 atom stereocenters. The molecule has 0 aliphatic heterocycles. The average Bonchev–Trinajstić information content (AvgIpc) is 2.75. The summed E-state index contributed by atoms with van der Waals surface area (Å²) >= 11 is 0. The minimum atomic E-state index is -0.195. The Morgan fingerprint density at radius 1 is 0.750 bits per heavy atom. The number of alkyl halides is 1. The fraction of sp³-hybridized carbons (Fsp3) is 0.778. The van der Waals surface area contributed by atoms with Crippen LogP contribution in [0.4, 0.5) is 4.39 Å². The van der Waals surface area contributed by atoms with Gasteiger partial charge in [-0.1, -0.05) is 83.3 Å². The third-order valence-corrected chi connectivity index (χ3v) is 7.44. The molecule has 0 amide bonds. The molecule has 2 aliphatic carbocycles. The highest BCUT2D eigenvalue weighted by Crippen LogP contribution is 2.42. The lowest BCUT2D eigenvalue weighted by atomic mass is 9.74. The summed E-state index contributed by atoms with van der Waals surface area (Å²) in [4.78, 5) is 0. The Kier molecular flexibility index (Phi) is 9.35. The quantitative estimate of drug-likeness (QED) is 0.352. The zero-order valence-electron chi connectivity index (χ0n) is 18.4. The van der Waals surface area contributed by atoms with E-state index >= 15 is 0 Å². The minimum Gasteiger partial charge on any atom is -0.251 e. The van der Waals surface area contributed by atoms with Gasteiger partial charge in [-0.15, -0.1) is 0 Å². The Morgan fingerprint density at radius 2 is 1.39 bits per heavy atom. The third-order valence-electron chi connectivity index (χ3n) is 7.44. The van der Waals surface area contributed by atoms with E-state index in [4.69, 9.17) is 0 Å². The van der Waals surface area contributed by atoms with Crippen LogP contribution in [-0.4, -0.2) is 6.67 Å². The lowest BCUT2D eigenvalue weighted by Crippen LogP contribution is -2.16. The van der Waals surface area contributed by atoms with Gasteiger partial charge in [0, 0.05) is 6.42 Å². The van der Waals surface area contributed by atoms with Crippen LogP contribution >= 0.6 is 0 Å². The van der Waals surface area contributed by atoms with Crippen molar-refractivity contribution >= 4 is 0 Å². The van der Waals surface area contributed by atoms with Gasteiger partial charge in [0.25, 0.3) is 0 Å². The van der Waals surface area contributed by atoms with Crippen LogP contribution in [0.1, 0.15) is 137 Å². The van der Waals surface area contributed by atoms with E-state index < -0.39 is 0 Å². The highest BCUT2D eigenvalue weighted by Gasteiger charge is 2.26. The van der Waals surface area contributed by atoms with Crippen molar-refractivity contribution in [1.82, 2.24) is 0 Å². The molecule has 0 aromatic heterocycles. The Morgan fingerprint density at radius 3 is 2.04 bits per heavy atom. The molecule has 1 heteroatoms. The second-order valence-electron chi connectivity index (χ2n) is 9.48. The molecule has 0 N–H and O–H groups in total. The summed E-state index contributed by atoms with van der Waals surface area (Å²) in [5, 5.41) is 0. The van der Waals surface area contributed by atoms with Gasteiger partial charge in [0.1, 0.15) is 0 Å². The molecule has 0 radical (unpaired) electrons. The van der Waals surface area contributed by atoms with Gasteiger partial charge in [-0.3, -0.25) is 4.39 Å². The lowest BCUT2D eigenvalue weighted by molar-refractivity contribution is 0.424. The molecule has 158 valence electrons. The number of hydrogen-bond acceptors (Lipinski definition) is 0. The van der Waals surface area contributed by atoms with Crippen LogP contribution in [0.5, 0.6) is 0 Å². The van der Waals surface area contributed by atoms with Crippen LogP contribution in [0.25, 0.3) is 0 Å². The first kappa shape index (κ1) is 21.8. The SMILES string of the molecule is CCCCCCCc1ccc(C2CCCCC2)c(CCF)c1C1CCCCC1. The topological polar surface area (TPSA) is 0 Å². The number of halogens is 1. The van der Waals surface area contributed by atoms with Crippen molar-refractivity contribution in [2.45, 2.75) is 128 Å². The van der Waals surface area contributed by atoms with Crippen LogP contribution in [0.3, 0.4) is 0 Å². The second kappa shape index (κ2) is 12.0. The first-order valence-corrected chi connectivity index (χ1v) is 12.6. The van der Waals surface area contributed by atoms with Crippen LogP contribution in [-0.2, 0) is 12.8 Å². The van der Waals surface area contributed by atoms with Gasteiger partial charge in [0.05, 0.1) is 6.67 Å². The van der Waals surface area contributed by atoms with E-state index in [0.29, 0.717) is 18.3 Å². The summed E-state index contributed by atoms with van der Waals surface area (Å²) < 4.78 is 13.7. The molecule has 3 rings (SSSR count). The smallest absolute Gasteiger partial charge is 0.0934 e. The zero-order valence-corrected chi connectivity index (χ0v) is 18.4. The fourth-order valence-corrected chi connectivity index (χ4v) is 5.94. The predicted molar refractivity (Wildman–Crippen MR) is 120 cm³/mol. The van der Waals surface area contributed by atoms with E-state index in [1.807, 2.05) is 0 Å². The third kappa shape index (κ3) is 5.83. The van der Waals surface area contributed by atoms with E-state index in [0.717, 1.165) is 0 Å². The maximum Gasteiger partial charge on any atom is 0.0934 e. The van der Waals surface area contributed by atoms with Gasteiger partial charge in [-0.25, -0.2) is 0 Å². The van der Waals surface area contributed by atoms with Gasteiger partial charge in [-0.2, -0.15) is 0 Å². The first-order valence-electron chi connectivity index (χ1n) is 12.6. The summed E-state index contributed by atoms with van der Waals surface area (Å²) in [5.74, 6) is 1.39. The van der Waals surface area contributed by atoms with Gasteiger partial charge in [0.2, 0.25) is 0 Å². The zero-order chi connectivity index (χ0) is 19.6. The van der Waals surface area contributed by atoms with Crippen molar-refractivity contribution in [1.29, 1.82) is 0 Å². The number of aryl methyl sites for hydroxylation is 1. The predicted octanol–water partition coefficient (Wildman–Crippen LogP) is 8.81. The molecule has 28 heavy (non-hydrogen) atoms. The largest absolute Gasteiger partial charge is 0.251 e. The van der Waals surface area contributed by atoms with E-state index in [1.165, 1.54) is 114 Å². The van der Waals surface area contributed by atoms with Crippen LogP contribution in [0.2, 0.25) is 0 Å². The highest BCUT2D eigenvalue weighted by molar-refractivity contribution is 5.46. The van der Waals surface area contributed by atoms with Crippen molar-refractivity contribution < 1.29 is 4.39 Å². The van der Waals surface area contributed by atoms with E-state index in [2.05, 4.69) is 19.1 Å². The molecule has 0 saturated heterocycles. The molecule has 0 nitrogen and oxygen atoms in total. The van der Waals surface area contributed by atoms with Crippen molar-refractivity contribution in [3.63, 3.8) is 0 Å². The minimum absolute atomic E-state index is 0.195. The molecule has 0 heterocycles. The summed E-state index contributed by atoms with van der Waals surface area (Å²) in [5.41, 5.74) is 6.18. The summed E-state index contributed by atoms with van der Waals surface area (Å²) in [6.45, 7) is 2.09. The molecular weight excluding hydrogens is 343 g/mol. The first-order chi connectivity index (χ1) is 13.8. The molecule has 1 aromatic rings. The Hall–Kier alpha value is -0.850. The fourth-order valence-electron chi connectivity index (χ4n) is 5.94. The Labute approximate surface area is 173 Å². The molecule has 2 fully saturated rings. The van der Waals surface area contributed by atoms with Crippen molar-refractivity contribution in [2.75, 3.05) is 6.67 Å². The van der Waals surface area contributed by atoms with E-state index in [-0.39, 0.29) is 6.67 Å². The maximum absolute atomic E-state index is 13.7. The molecule has 2 aliphatic rings. The van der Waals surface area contributed by atoms with Crippen molar-refractivity contribution in [3.05, 3.63) is 34.4 Å². The van der Waals surface area contributed by atoms with Crippen LogP contribution < -0.4 is 0 Å². The highest BCUT2D eigenvalue weighted by atomic mass is 19.1. The molecule has 0 unspecified atom stereocenters. The Balaban J connectivity index is 1.87. The number of unbranched alkanes of at least 4 members (excludes halogenated alkanes) is 4. The van der Waals surface area contributed by atoms with Gasteiger partial charge in [-0.05, 0) is 72.6 Å². The molecule has 0 bridgehead atoms. The standard InChI is InChI=1S/C27H43F/c1-2-3-4-5-8-17-24-18-19-25(22-13-9-6-10-14-22)26(20-21-28)27(24)23-15-11-7-12-16-23/h18-19,22-23H,2-17,20-21H2,1H3. The number of hydrogen-bond donors (Lipinski definition) is 0. The van der Waals surface area contributed by atoms with Crippen LogP contribution in [0.15, 0.2) is 12.1 Å². The Bertz CT molecular complexity index is 564. The average molecular weight is 387 g/mol. The normalized spacial score (nSPS) is 19.2. The number of rotatable bonds is 10. The van der Waals surface area contributed by atoms with Gasteiger partial charge < -0.3 is 0 Å². The number of benzene rings is 1. The van der Waals surface area contributed by atoms with Crippen molar-refractivity contribution in [3.8, 4) is 0 Å². The van der Waals surface area contributed by atoms with E-state index in [1.54, 1.807) is 11.1 Å². The molecule has 1 aromatic carbocycles. The van der Waals surface area contributed by atoms with Gasteiger partial charge >= 0.3 is 0 Å². The molecular formula is C27H43F. The van der Waals surface area contributed by atoms with Crippen molar-refractivity contribution in [2.24, 2.45) is 0 Å². The van der Waals surface area contributed by atoms with Crippen LogP contribution in [0, 0.1) is 0 Å². The van der Waals surface area contributed by atoms with E-state index in [9.17, 15) is 4.39 Å². The molecule has 0 spiro atoms. The summed E-state index contributed by atoms with van der Waals surface area (Å²) in [6, 6.07) is 4.89.